The lowest BCUT2D eigenvalue weighted by Gasteiger charge is -2.27. The fourth-order valence-electron chi connectivity index (χ4n) is 2.42. The second-order valence-corrected chi connectivity index (χ2v) is 5.79. The first-order valence-corrected chi connectivity index (χ1v) is 5.96. The zero-order valence-electron chi connectivity index (χ0n) is 8.60. The van der Waals surface area contributed by atoms with Crippen molar-refractivity contribution in [1.29, 1.82) is 0 Å². The van der Waals surface area contributed by atoms with Crippen molar-refractivity contribution < 1.29 is 0 Å². The van der Waals surface area contributed by atoms with Gasteiger partial charge in [-0.25, -0.2) is 0 Å². The van der Waals surface area contributed by atoms with Crippen LogP contribution >= 0.6 is 11.8 Å². The largest absolute Gasteiger partial charge is 0.398 e. The molecule has 0 bridgehead atoms. The molecule has 0 saturated heterocycles. The second kappa shape index (κ2) is 2.92. The van der Waals surface area contributed by atoms with Gasteiger partial charge in [-0.3, -0.25) is 0 Å². The molecule has 2 atom stereocenters. The second-order valence-electron chi connectivity index (χ2n) is 4.27. The highest BCUT2D eigenvalue weighted by Gasteiger charge is 2.42. The van der Waals surface area contributed by atoms with E-state index in [1.54, 1.807) is 0 Å². The molecule has 0 saturated carbocycles. The number of anilines is 1. The van der Waals surface area contributed by atoms with E-state index < -0.39 is 0 Å². The highest BCUT2D eigenvalue weighted by atomic mass is 32.2. The quantitative estimate of drug-likeness (QED) is 0.672. The predicted octanol–water partition coefficient (Wildman–Crippen LogP) is 3.34. The molecule has 2 aliphatic rings. The van der Waals surface area contributed by atoms with Crippen molar-refractivity contribution in [1.82, 2.24) is 0 Å². The Balaban J connectivity index is 2.22. The van der Waals surface area contributed by atoms with Crippen molar-refractivity contribution in [2.75, 3.05) is 5.73 Å². The van der Waals surface area contributed by atoms with Gasteiger partial charge < -0.3 is 5.73 Å². The molecule has 0 aromatic heterocycles. The number of fused-ring (bicyclic) bond motifs is 3. The molecule has 2 N–H and O–H groups in total. The Labute approximate surface area is 94.1 Å². The lowest BCUT2D eigenvalue weighted by Crippen LogP contribution is -2.22. The van der Waals surface area contributed by atoms with Crippen LogP contribution in [0.3, 0.4) is 0 Å². The van der Waals surface area contributed by atoms with Gasteiger partial charge in [0.25, 0.3) is 0 Å². The van der Waals surface area contributed by atoms with Gasteiger partial charge in [0.2, 0.25) is 0 Å². The van der Waals surface area contributed by atoms with Crippen LogP contribution in [0, 0.1) is 0 Å². The van der Waals surface area contributed by atoms with E-state index in [0.717, 1.165) is 5.69 Å². The van der Waals surface area contributed by atoms with Crippen LogP contribution in [-0.2, 0) is 0 Å². The van der Waals surface area contributed by atoms with Gasteiger partial charge >= 0.3 is 0 Å². The average molecular weight is 215 g/mol. The minimum atomic E-state index is 0.159. The van der Waals surface area contributed by atoms with Gasteiger partial charge in [-0.05, 0) is 24.6 Å². The molecule has 0 amide bonds. The normalized spacial score (nSPS) is 31.4. The molecule has 76 valence electrons. The third kappa shape index (κ3) is 1.18. The number of benzene rings is 1. The summed E-state index contributed by atoms with van der Waals surface area (Å²) in [5.74, 6) is 0.434. The molecule has 15 heavy (non-hydrogen) atoms. The number of thioether (sulfide) groups is 1. The Bertz CT molecular complexity index is 475. The van der Waals surface area contributed by atoms with E-state index in [2.05, 4.69) is 37.3 Å². The van der Waals surface area contributed by atoms with E-state index in [-0.39, 0.29) is 4.75 Å². The molecule has 1 aromatic carbocycles. The van der Waals surface area contributed by atoms with Crippen molar-refractivity contribution in [3.05, 3.63) is 48.1 Å². The van der Waals surface area contributed by atoms with Crippen molar-refractivity contribution in [2.45, 2.75) is 22.5 Å². The number of nitrogen functional groups attached to an aromatic ring is 1. The fraction of sp³-hybridized carbons (Fsp3) is 0.231. The molecule has 2 unspecified atom stereocenters. The van der Waals surface area contributed by atoms with E-state index in [1.165, 1.54) is 10.5 Å². The first-order valence-electron chi connectivity index (χ1n) is 5.14. The highest BCUT2D eigenvalue weighted by Crippen LogP contribution is 2.57. The van der Waals surface area contributed by atoms with Gasteiger partial charge in [-0.15, -0.1) is 11.8 Å². The SMILES string of the molecule is CC12C=CC=CC1c1c(N)cccc1S2. The summed E-state index contributed by atoms with van der Waals surface area (Å²) in [6.07, 6.45) is 8.79. The highest BCUT2D eigenvalue weighted by molar-refractivity contribution is 8.01. The molecule has 1 aromatic rings. The van der Waals surface area contributed by atoms with E-state index >= 15 is 0 Å². The van der Waals surface area contributed by atoms with Crippen LogP contribution in [0.1, 0.15) is 18.4 Å². The molecule has 1 aliphatic heterocycles. The summed E-state index contributed by atoms with van der Waals surface area (Å²) in [5, 5.41) is 0. The first-order chi connectivity index (χ1) is 7.21. The lowest BCUT2D eigenvalue weighted by atomic mass is 9.83. The summed E-state index contributed by atoms with van der Waals surface area (Å²) in [4.78, 5) is 1.33. The van der Waals surface area contributed by atoms with Gasteiger partial charge in [0.1, 0.15) is 0 Å². The zero-order chi connectivity index (χ0) is 10.5. The van der Waals surface area contributed by atoms with Crippen molar-refractivity contribution in [2.24, 2.45) is 0 Å². The van der Waals surface area contributed by atoms with Crippen LogP contribution in [-0.4, -0.2) is 4.75 Å². The summed E-state index contributed by atoms with van der Waals surface area (Å²) < 4.78 is 0.159. The molecule has 3 rings (SSSR count). The zero-order valence-corrected chi connectivity index (χ0v) is 9.42. The van der Waals surface area contributed by atoms with Crippen LogP contribution in [0.4, 0.5) is 5.69 Å². The summed E-state index contributed by atoms with van der Waals surface area (Å²) in [6, 6.07) is 6.20. The number of rotatable bonds is 0. The van der Waals surface area contributed by atoms with Crippen LogP contribution < -0.4 is 5.73 Å². The molecule has 0 radical (unpaired) electrons. The molecule has 2 heteroatoms. The van der Waals surface area contributed by atoms with E-state index in [1.807, 2.05) is 23.9 Å². The average Bonchev–Trinajstić information content (AvgIpc) is 2.51. The lowest BCUT2D eigenvalue weighted by molar-refractivity contribution is 0.703. The molecule has 1 aliphatic carbocycles. The summed E-state index contributed by atoms with van der Waals surface area (Å²) in [6.45, 7) is 2.28. The van der Waals surface area contributed by atoms with Crippen molar-refractivity contribution in [3.8, 4) is 0 Å². The van der Waals surface area contributed by atoms with Gasteiger partial charge in [0.15, 0.2) is 0 Å². The fourth-order valence-corrected chi connectivity index (χ4v) is 3.86. The maximum Gasteiger partial charge on any atom is 0.0465 e. The maximum absolute atomic E-state index is 6.07. The number of allylic oxidation sites excluding steroid dienone is 3. The number of hydrogen-bond donors (Lipinski definition) is 1. The maximum atomic E-state index is 6.07. The van der Waals surface area contributed by atoms with Gasteiger partial charge in [0.05, 0.1) is 0 Å². The monoisotopic (exact) mass is 215 g/mol. The van der Waals surface area contributed by atoms with E-state index in [0.29, 0.717) is 5.92 Å². The van der Waals surface area contributed by atoms with Crippen LogP contribution in [0.5, 0.6) is 0 Å². The van der Waals surface area contributed by atoms with Crippen LogP contribution in [0.15, 0.2) is 47.4 Å². The Morgan fingerprint density at radius 2 is 2.20 bits per heavy atom. The topological polar surface area (TPSA) is 26.0 Å². The van der Waals surface area contributed by atoms with E-state index in [4.69, 9.17) is 5.73 Å². The molecule has 0 fully saturated rings. The van der Waals surface area contributed by atoms with Crippen LogP contribution in [0.25, 0.3) is 0 Å². The number of hydrogen-bond acceptors (Lipinski definition) is 2. The summed E-state index contributed by atoms with van der Waals surface area (Å²) >= 11 is 1.92. The third-order valence-corrected chi connectivity index (χ3v) is 4.61. The minimum absolute atomic E-state index is 0.159. The molecule has 0 spiro atoms. The predicted molar refractivity (Wildman–Crippen MR) is 66.1 cm³/mol. The molecular weight excluding hydrogens is 202 g/mol. The number of nitrogens with two attached hydrogens (primary N) is 1. The molecule has 1 nitrogen and oxygen atoms in total. The minimum Gasteiger partial charge on any atom is -0.398 e. The molecule has 1 heterocycles. The standard InChI is InChI=1S/C13H13NS/c1-13-8-3-2-5-9(13)12-10(14)6-4-7-11(12)15-13/h2-9H,14H2,1H3. The Kier molecular flexibility index (Phi) is 1.77. The first kappa shape index (κ1) is 9.10. The third-order valence-electron chi connectivity index (χ3n) is 3.20. The summed E-state index contributed by atoms with van der Waals surface area (Å²) in [5.41, 5.74) is 8.30. The van der Waals surface area contributed by atoms with Gasteiger partial charge in [0, 0.05) is 21.2 Å². The van der Waals surface area contributed by atoms with Crippen molar-refractivity contribution in [3.63, 3.8) is 0 Å². The Morgan fingerprint density at radius 1 is 1.33 bits per heavy atom. The van der Waals surface area contributed by atoms with Crippen molar-refractivity contribution >= 4 is 17.4 Å². The Hall–Kier alpha value is -1.15. The summed E-state index contributed by atoms with van der Waals surface area (Å²) in [7, 11) is 0. The molecular formula is C13H13NS. The van der Waals surface area contributed by atoms with Crippen LogP contribution in [0.2, 0.25) is 0 Å². The van der Waals surface area contributed by atoms with Gasteiger partial charge in [-0.2, -0.15) is 0 Å². The van der Waals surface area contributed by atoms with E-state index in [9.17, 15) is 0 Å². The smallest absolute Gasteiger partial charge is 0.0465 e. The van der Waals surface area contributed by atoms with Gasteiger partial charge in [-0.1, -0.05) is 30.4 Å². The Morgan fingerprint density at radius 3 is 3.07 bits per heavy atom.